The van der Waals surface area contributed by atoms with E-state index in [9.17, 15) is 13.2 Å². The Balaban J connectivity index is 2.06. The molecule has 0 radical (unpaired) electrons. The molecule has 1 aromatic carbocycles. The number of nitrogens with zero attached hydrogens (tertiary/aromatic N) is 4. The van der Waals surface area contributed by atoms with Gasteiger partial charge in [-0.3, -0.25) is 14.6 Å². The van der Waals surface area contributed by atoms with E-state index in [1.807, 2.05) is 13.8 Å². The van der Waals surface area contributed by atoms with Gasteiger partial charge in [0, 0.05) is 29.7 Å². The number of nitrogens with one attached hydrogen (secondary N) is 1. The standard InChI is InChI=1S/C19H15F4N5/c1-10(2)17-15(11-3-4-13-12(16(11)20)9-26-27-13)14(5-6-24-17)28-8-7-25-18(28)19(21,22)23/h3-10H,1-2H3,(H,26,27). The molecule has 0 saturated carbocycles. The Bertz CT molecular complexity index is 1160. The highest BCUT2D eigenvalue weighted by molar-refractivity contribution is 5.88. The van der Waals surface area contributed by atoms with E-state index in [-0.39, 0.29) is 22.6 Å². The van der Waals surface area contributed by atoms with Crippen LogP contribution in [0.1, 0.15) is 31.3 Å². The summed E-state index contributed by atoms with van der Waals surface area (Å²) in [5.41, 5.74) is 1.59. The van der Waals surface area contributed by atoms with Gasteiger partial charge in [0.2, 0.25) is 5.82 Å². The van der Waals surface area contributed by atoms with Crippen LogP contribution in [0.4, 0.5) is 17.6 Å². The predicted molar refractivity (Wildman–Crippen MR) is 95.5 cm³/mol. The lowest BCUT2D eigenvalue weighted by Gasteiger charge is -2.19. The van der Waals surface area contributed by atoms with Crippen molar-refractivity contribution in [1.29, 1.82) is 0 Å². The number of imidazole rings is 1. The Morgan fingerprint density at radius 2 is 1.86 bits per heavy atom. The molecule has 0 bridgehead atoms. The highest BCUT2D eigenvalue weighted by atomic mass is 19.4. The summed E-state index contributed by atoms with van der Waals surface area (Å²) in [5.74, 6) is -1.80. The van der Waals surface area contributed by atoms with Crippen molar-refractivity contribution in [1.82, 2.24) is 24.7 Å². The first-order valence-electron chi connectivity index (χ1n) is 8.50. The van der Waals surface area contributed by atoms with Crippen LogP contribution in [0.2, 0.25) is 0 Å². The summed E-state index contributed by atoms with van der Waals surface area (Å²) in [7, 11) is 0. The van der Waals surface area contributed by atoms with E-state index < -0.39 is 17.8 Å². The first kappa shape index (κ1) is 18.1. The van der Waals surface area contributed by atoms with Crippen molar-refractivity contribution in [2.75, 3.05) is 0 Å². The Kier molecular flexibility index (Phi) is 4.17. The molecule has 0 aliphatic carbocycles. The molecular formula is C19H15F4N5. The van der Waals surface area contributed by atoms with Crippen LogP contribution in [-0.4, -0.2) is 24.7 Å². The topological polar surface area (TPSA) is 59.4 Å². The number of benzene rings is 1. The summed E-state index contributed by atoms with van der Waals surface area (Å²) in [6, 6.07) is 4.59. The number of alkyl halides is 3. The van der Waals surface area contributed by atoms with Gasteiger partial charge in [-0.25, -0.2) is 9.37 Å². The van der Waals surface area contributed by atoms with E-state index in [1.165, 1.54) is 30.7 Å². The minimum Gasteiger partial charge on any atom is -0.295 e. The van der Waals surface area contributed by atoms with Crippen LogP contribution in [0.15, 0.2) is 43.0 Å². The van der Waals surface area contributed by atoms with E-state index in [0.29, 0.717) is 16.8 Å². The van der Waals surface area contributed by atoms with E-state index in [4.69, 9.17) is 0 Å². The number of aromatic nitrogens is 5. The van der Waals surface area contributed by atoms with Crippen LogP contribution >= 0.6 is 0 Å². The van der Waals surface area contributed by atoms with Crippen molar-refractivity contribution in [3.8, 4) is 16.8 Å². The number of fused-ring (bicyclic) bond motifs is 1. The maximum atomic E-state index is 15.3. The predicted octanol–water partition coefficient (Wildman–Crippen LogP) is 5.09. The van der Waals surface area contributed by atoms with Crippen LogP contribution in [0, 0.1) is 5.82 Å². The summed E-state index contributed by atoms with van der Waals surface area (Å²) in [6.07, 6.45) is 0.382. The van der Waals surface area contributed by atoms with Crippen LogP contribution in [-0.2, 0) is 6.18 Å². The Morgan fingerprint density at radius 3 is 2.57 bits per heavy atom. The van der Waals surface area contributed by atoms with Gasteiger partial charge in [-0.1, -0.05) is 13.8 Å². The molecule has 1 N–H and O–H groups in total. The SMILES string of the molecule is CC(C)c1nccc(-n2ccnc2C(F)(F)F)c1-c1ccc2[nH]ncc2c1F. The monoisotopic (exact) mass is 389 g/mol. The van der Waals surface area contributed by atoms with Crippen molar-refractivity contribution in [3.05, 3.63) is 60.3 Å². The van der Waals surface area contributed by atoms with Crippen molar-refractivity contribution >= 4 is 10.9 Å². The maximum absolute atomic E-state index is 15.3. The number of hydrogen-bond donors (Lipinski definition) is 1. The molecule has 4 rings (SSSR count). The van der Waals surface area contributed by atoms with Gasteiger partial charge < -0.3 is 0 Å². The van der Waals surface area contributed by atoms with Gasteiger partial charge in [0.25, 0.3) is 0 Å². The number of aromatic amines is 1. The van der Waals surface area contributed by atoms with Crippen molar-refractivity contribution < 1.29 is 17.6 Å². The fourth-order valence-electron chi connectivity index (χ4n) is 3.27. The van der Waals surface area contributed by atoms with Gasteiger partial charge in [0.1, 0.15) is 5.82 Å². The molecule has 0 saturated heterocycles. The van der Waals surface area contributed by atoms with Crippen LogP contribution in [0.5, 0.6) is 0 Å². The van der Waals surface area contributed by atoms with Gasteiger partial charge in [-0.2, -0.15) is 18.3 Å². The summed E-state index contributed by atoms with van der Waals surface area (Å²) in [4.78, 5) is 7.77. The number of hydrogen-bond acceptors (Lipinski definition) is 3. The second-order valence-electron chi connectivity index (χ2n) is 6.62. The molecule has 28 heavy (non-hydrogen) atoms. The van der Waals surface area contributed by atoms with Crippen LogP contribution in [0.25, 0.3) is 27.7 Å². The summed E-state index contributed by atoms with van der Waals surface area (Å²) >= 11 is 0. The molecule has 3 aromatic heterocycles. The molecule has 0 amide bonds. The zero-order valence-corrected chi connectivity index (χ0v) is 14.9. The summed E-state index contributed by atoms with van der Waals surface area (Å²) in [5, 5.41) is 6.76. The highest BCUT2D eigenvalue weighted by Gasteiger charge is 2.37. The third-order valence-corrected chi connectivity index (χ3v) is 4.49. The molecule has 9 heteroatoms. The largest absolute Gasteiger partial charge is 0.450 e. The summed E-state index contributed by atoms with van der Waals surface area (Å²) in [6.45, 7) is 3.70. The van der Waals surface area contributed by atoms with E-state index in [2.05, 4.69) is 20.2 Å². The molecule has 0 spiro atoms. The molecule has 0 atom stereocenters. The normalized spacial score (nSPS) is 12.2. The highest BCUT2D eigenvalue weighted by Crippen LogP contribution is 2.39. The molecule has 0 fully saturated rings. The van der Waals surface area contributed by atoms with Gasteiger partial charge >= 0.3 is 6.18 Å². The van der Waals surface area contributed by atoms with Gasteiger partial charge in [0.15, 0.2) is 0 Å². The molecule has 3 heterocycles. The average Bonchev–Trinajstić information content (AvgIpc) is 3.31. The zero-order valence-electron chi connectivity index (χ0n) is 14.9. The first-order valence-corrected chi connectivity index (χ1v) is 8.50. The van der Waals surface area contributed by atoms with E-state index in [0.717, 1.165) is 10.8 Å². The lowest BCUT2D eigenvalue weighted by molar-refractivity contribution is -0.145. The van der Waals surface area contributed by atoms with E-state index in [1.54, 1.807) is 6.07 Å². The van der Waals surface area contributed by atoms with Crippen molar-refractivity contribution in [2.45, 2.75) is 25.9 Å². The van der Waals surface area contributed by atoms with Crippen LogP contribution < -0.4 is 0 Å². The minimum atomic E-state index is -4.66. The minimum absolute atomic E-state index is 0.146. The second kappa shape index (κ2) is 6.43. The lowest BCUT2D eigenvalue weighted by Crippen LogP contribution is -2.15. The average molecular weight is 389 g/mol. The third-order valence-electron chi connectivity index (χ3n) is 4.49. The van der Waals surface area contributed by atoms with E-state index >= 15 is 4.39 Å². The van der Waals surface area contributed by atoms with Crippen molar-refractivity contribution in [2.24, 2.45) is 0 Å². The molecule has 5 nitrogen and oxygen atoms in total. The van der Waals surface area contributed by atoms with Crippen LogP contribution in [0.3, 0.4) is 0 Å². The molecule has 0 unspecified atom stereocenters. The number of rotatable bonds is 3. The lowest BCUT2D eigenvalue weighted by atomic mass is 9.94. The van der Waals surface area contributed by atoms with Gasteiger partial charge in [0.05, 0.1) is 28.5 Å². The second-order valence-corrected chi connectivity index (χ2v) is 6.62. The maximum Gasteiger partial charge on any atom is 0.450 e. The first-order chi connectivity index (χ1) is 13.3. The third kappa shape index (κ3) is 2.83. The van der Waals surface area contributed by atoms with Gasteiger partial charge in [-0.05, 0) is 24.1 Å². The molecule has 144 valence electrons. The van der Waals surface area contributed by atoms with Gasteiger partial charge in [-0.15, -0.1) is 0 Å². The quantitative estimate of drug-likeness (QED) is 0.497. The fourth-order valence-corrected chi connectivity index (χ4v) is 3.27. The smallest absolute Gasteiger partial charge is 0.295 e. The number of halogens is 4. The molecule has 0 aliphatic rings. The molecule has 4 aromatic rings. The molecule has 0 aliphatic heterocycles. The number of pyridine rings is 1. The zero-order chi connectivity index (χ0) is 20.1. The molecular weight excluding hydrogens is 374 g/mol. The number of H-pyrrole nitrogens is 1. The Hall–Kier alpha value is -3.23. The fraction of sp³-hybridized carbons (Fsp3) is 0.211. The summed E-state index contributed by atoms with van der Waals surface area (Å²) < 4.78 is 56.4. The Labute approximate surface area is 157 Å². The van der Waals surface area contributed by atoms with Crippen molar-refractivity contribution in [3.63, 3.8) is 0 Å². The Morgan fingerprint density at radius 1 is 1.07 bits per heavy atom.